The largest absolute Gasteiger partial charge is 0.493 e. The van der Waals surface area contributed by atoms with Crippen LogP contribution >= 0.6 is 0 Å². The Labute approximate surface area is 182 Å². The van der Waals surface area contributed by atoms with Crippen molar-refractivity contribution in [3.05, 3.63) is 59.4 Å². The summed E-state index contributed by atoms with van der Waals surface area (Å²) in [6.45, 7) is 5.28. The van der Waals surface area contributed by atoms with E-state index in [1.807, 2.05) is 11.0 Å². The first-order valence-electron chi connectivity index (χ1n) is 10.7. The predicted molar refractivity (Wildman–Crippen MR) is 115 cm³/mol. The van der Waals surface area contributed by atoms with Gasteiger partial charge in [-0.25, -0.2) is 4.39 Å². The molecule has 2 atom stereocenters. The molecule has 2 saturated heterocycles. The van der Waals surface area contributed by atoms with Gasteiger partial charge in [0.05, 0.1) is 27.4 Å². The number of amides is 1. The smallest absolute Gasteiger partial charge is 0.254 e. The maximum absolute atomic E-state index is 13.9. The van der Waals surface area contributed by atoms with E-state index in [-0.39, 0.29) is 23.6 Å². The van der Waals surface area contributed by atoms with Crippen molar-refractivity contribution in [3.63, 3.8) is 0 Å². The van der Waals surface area contributed by atoms with Crippen LogP contribution in [0.4, 0.5) is 4.39 Å². The van der Waals surface area contributed by atoms with E-state index in [4.69, 9.17) is 14.2 Å². The average molecular weight is 429 g/mol. The minimum Gasteiger partial charge on any atom is -0.493 e. The van der Waals surface area contributed by atoms with E-state index < -0.39 is 0 Å². The van der Waals surface area contributed by atoms with Crippen LogP contribution in [0, 0.1) is 11.7 Å². The zero-order valence-corrected chi connectivity index (χ0v) is 18.1. The summed E-state index contributed by atoms with van der Waals surface area (Å²) in [5.74, 6) is 1.13. The number of ether oxygens (including phenoxy) is 3. The van der Waals surface area contributed by atoms with Crippen LogP contribution in [0.25, 0.3) is 0 Å². The number of likely N-dealkylation sites (tertiary alicyclic amines) is 1. The van der Waals surface area contributed by atoms with Crippen LogP contribution in [0.5, 0.6) is 11.5 Å². The number of rotatable bonds is 6. The van der Waals surface area contributed by atoms with Gasteiger partial charge >= 0.3 is 0 Å². The maximum atomic E-state index is 13.9. The summed E-state index contributed by atoms with van der Waals surface area (Å²) in [4.78, 5) is 17.6. The molecule has 2 fully saturated rings. The second-order valence-electron chi connectivity index (χ2n) is 8.11. The number of methoxy groups -OCH3 is 2. The van der Waals surface area contributed by atoms with E-state index in [2.05, 4.69) is 4.90 Å². The second kappa shape index (κ2) is 9.66. The summed E-state index contributed by atoms with van der Waals surface area (Å²) >= 11 is 0. The molecule has 0 spiro atoms. The average Bonchev–Trinajstić information content (AvgIpc) is 3.22. The van der Waals surface area contributed by atoms with Crippen LogP contribution in [-0.4, -0.2) is 75.9 Å². The van der Waals surface area contributed by atoms with Gasteiger partial charge in [0.25, 0.3) is 5.91 Å². The molecule has 166 valence electrons. The molecule has 2 aromatic carbocycles. The molecule has 6 nitrogen and oxygen atoms in total. The molecule has 1 amide bonds. The highest BCUT2D eigenvalue weighted by Gasteiger charge is 2.37. The van der Waals surface area contributed by atoms with Crippen LogP contribution in [-0.2, 0) is 4.74 Å². The third-order valence-electron chi connectivity index (χ3n) is 6.23. The number of hydrogen-bond donors (Lipinski definition) is 0. The van der Waals surface area contributed by atoms with Gasteiger partial charge in [0, 0.05) is 44.2 Å². The molecule has 2 unspecified atom stereocenters. The van der Waals surface area contributed by atoms with E-state index in [0.717, 1.165) is 38.4 Å². The lowest BCUT2D eigenvalue weighted by atomic mass is 9.88. The summed E-state index contributed by atoms with van der Waals surface area (Å²) in [6, 6.07) is 12.0. The van der Waals surface area contributed by atoms with E-state index in [1.54, 1.807) is 44.6 Å². The van der Waals surface area contributed by atoms with Crippen molar-refractivity contribution in [1.29, 1.82) is 0 Å². The van der Waals surface area contributed by atoms with E-state index >= 15 is 0 Å². The first-order valence-corrected chi connectivity index (χ1v) is 10.7. The normalized spacial score (nSPS) is 21.8. The minimum absolute atomic E-state index is 0.0492. The fourth-order valence-electron chi connectivity index (χ4n) is 4.60. The lowest BCUT2D eigenvalue weighted by molar-refractivity contribution is 0.0301. The zero-order chi connectivity index (χ0) is 21.8. The molecule has 0 bridgehead atoms. The van der Waals surface area contributed by atoms with Crippen LogP contribution in [0.15, 0.2) is 42.5 Å². The molecule has 4 rings (SSSR count). The molecule has 7 heteroatoms. The molecule has 0 aromatic heterocycles. The molecule has 2 aliphatic rings. The molecule has 0 N–H and O–H groups in total. The first kappa shape index (κ1) is 21.6. The minimum atomic E-state index is -0.243. The van der Waals surface area contributed by atoms with Gasteiger partial charge in [0.1, 0.15) is 5.82 Å². The standard InChI is InChI=1S/C24H29FN2O4/c1-29-22-7-6-18(13-23(22)30-2)24(28)27-15-19(14-26-8-10-31-11-9-26)21(16-27)17-4-3-5-20(25)12-17/h3-7,12-13,19,21H,8-11,14-16H2,1-2H3. The highest BCUT2D eigenvalue weighted by Crippen LogP contribution is 2.35. The number of carbonyl (C=O) groups excluding carboxylic acids is 1. The Morgan fingerprint density at radius 2 is 1.84 bits per heavy atom. The third kappa shape index (κ3) is 4.83. The predicted octanol–water partition coefficient (Wildman–Crippen LogP) is 3.03. The number of carbonyl (C=O) groups is 1. The molecule has 31 heavy (non-hydrogen) atoms. The molecule has 2 heterocycles. The molecule has 2 aliphatic heterocycles. The van der Waals surface area contributed by atoms with Gasteiger partial charge in [0.15, 0.2) is 11.5 Å². The highest BCUT2D eigenvalue weighted by molar-refractivity contribution is 5.95. The Morgan fingerprint density at radius 1 is 1.06 bits per heavy atom. The van der Waals surface area contributed by atoms with E-state index in [1.165, 1.54) is 6.07 Å². The van der Waals surface area contributed by atoms with Gasteiger partial charge < -0.3 is 19.1 Å². The summed E-state index contributed by atoms with van der Waals surface area (Å²) in [5.41, 5.74) is 1.50. The Kier molecular flexibility index (Phi) is 6.73. The number of hydrogen-bond acceptors (Lipinski definition) is 5. The molecule has 0 radical (unpaired) electrons. The quantitative estimate of drug-likeness (QED) is 0.708. The summed E-state index contributed by atoms with van der Waals surface area (Å²) in [6.07, 6.45) is 0. The first-order chi connectivity index (χ1) is 15.1. The van der Waals surface area contributed by atoms with Crippen molar-refractivity contribution < 1.29 is 23.4 Å². The van der Waals surface area contributed by atoms with Crippen molar-refractivity contribution in [1.82, 2.24) is 9.80 Å². The van der Waals surface area contributed by atoms with Gasteiger partial charge in [0.2, 0.25) is 0 Å². The van der Waals surface area contributed by atoms with E-state index in [9.17, 15) is 9.18 Å². The summed E-state index contributed by atoms with van der Waals surface area (Å²) in [5, 5.41) is 0. The Bertz CT molecular complexity index is 916. The second-order valence-corrected chi connectivity index (χ2v) is 8.11. The maximum Gasteiger partial charge on any atom is 0.254 e. The fraction of sp³-hybridized carbons (Fsp3) is 0.458. The SMILES string of the molecule is COc1ccc(C(=O)N2CC(CN3CCOCC3)C(c3cccc(F)c3)C2)cc1OC. The lowest BCUT2D eigenvalue weighted by Gasteiger charge is -2.31. The van der Waals surface area contributed by atoms with Crippen molar-refractivity contribution in [2.24, 2.45) is 5.92 Å². The van der Waals surface area contributed by atoms with Crippen molar-refractivity contribution in [2.75, 3.05) is 60.2 Å². The van der Waals surface area contributed by atoms with Gasteiger partial charge in [-0.1, -0.05) is 12.1 Å². The summed E-state index contributed by atoms with van der Waals surface area (Å²) < 4.78 is 30.1. The van der Waals surface area contributed by atoms with Gasteiger partial charge in [-0.15, -0.1) is 0 Å². The van der Waals surface area contributed by atoms with Crippen LogP contribution in [0.2, 0.25) is 0 Å². The molecule has 2 aromatic rings. The van der Waals surface area contributed by atoms with Crippen LogP contribution in [0.3, 0.4) is 0 Å². The van der Waals surface area contributed by atoms with Crippen molar-refractivity contribution in [2.45, 2.75) is 5.92 Å². The number of halogens is 1. The third-order valence-corrected chi connectivity index (χ3v) is 6.23. The van der Waals surface area contributed by atoms with Crippen LogP contribution < -0.4 is 9.47 Å². The van der Waals surface area contributed by atoms with Gasteiger partial charge in [-0.2, -0.15) is 0 Å². The Hall–Kier alpha value is -2.64. The lowest BCUT2D eigenvalue weighted by Crippen LogP contribution is -2.41. The Morgan fingerprint density at radius 3 is 2.55 bits per heavy atom. The van der Waals surface area contributed by atoms with Gasteiger partial charge in [-0.05, 0) is 41.8 Å². The monoisotopic (exact) mass is 428 g/mol. The number of benzene rings is 2. The highest BCUT2D eigenvalue weighted by atomic mass is 19.1. The fourth-order valence-corrected chi connectivity index (χ4v) is 4.60. The molecular formula is C24H29FN2O4. The van der Waals surface area contributed by atoms with Crippen LogP contribution in [0.1, 0.15) is 21.8 Å². The number of morpholine rings is 1. The summed E-state index contributed by atoms with van der Waals surface area (Å²) in [7, 11) is 3.12. The Balaban J connectivity index is 1.56. The molecule has 0 aliphatic carbocycles. The number of nitrogens with zero attached hydrogens (tertiary/aromatic N) is 2. The van der Waals surface area contributed by atoms with Gasteiger partial charge in [-0.3, -0.25) is 9.69 Å². The van der Waals surface area contributed by atoms with Crippen molar-refractivity contribution in [3.8, 4) is 11.5 Å². The molecular weight excluding hydrogens is 399 g/mol. The van der Waals surface area contributed by atoms with Crippen molar-refractivity contribution >= 4 is 5.91 Å². The topological polar surface area (TPSA) is 51.2 Å². The van der Waals surface area contributed by atoms with E-state index in [0.29, 0.717) is 30.2 Å². The molecule has 0 saturated carbocycles. The zero-order valence-electron chi connectivity index (χ0n) is 18.1.